The number of pyridine rings is 1. The molecule has 164 valence electrons. The molecule has 3 aromatic heterocycles. The van der Waals surface area contributed by atoms with Gasteiger partial charge in [0.25, 0.3) is 0 Å². The van der Waals surface area contributed by atoms with Crippen LogP contribution in [-0.2, 0) is 19.5 Å². The van der Waals surface area contributed by atoms with Gasteiger partial charge in [0, 0.05) is 66.6 Å². The summed E-state index contributed by atoms with van der Waals surface area (Å²) in [4.78, 5) is 15.0. The van der Waals surface area contributed by atoms with Crippen LogP contribution in [0.5, 0.6) is 5.75 Å². The summed E-state index contributed by atoms with van der Waals surface area (Å²) in [7, 11) is 3.72. The molecule has 0 spiro atoms. The molecule has 1 N–H and O–H groups in total. The van der Waals surface area contributed by atoms with E-state index in [4.69, 9.17) is 4.74 Å². The lowest BCUT2D eigenvalue weighted by molar-refractivity contribution is 0.356. The van der Waals surface area contributed by atoms with Gasteiger partial charge in [-0.1, -0.05) is 0 Å². The average Bonchev–Trinajstić information content (AvgIpc) is 3.44. The van der Waals surface area contributed by atoms with Gasteiger partial charge in [-0.05, 0) is 32.3 Å². The molecule has 0 saturated carbocycles. The van der Waals surface area contributed by atoms with Gasteiger partial charge in [0.1, 0.15) is 23.0 Å². The van der Waals surface area contributed by atoms with Crippen LogP contribution in [0.1, 0.15) is 16.8 Å². The third kappa shape index (κ3) is 3.64. The fourth-order valence-electron chi connectivity index (χ4n) is 3.96. The van der Waals surface area contributed by atoms with Crippen molar-refractivity contribution in [2.75, 3.05) is 26.0 Å². The molecule has 32 heavy (non-hydrogen) atoms. The Kier molecular flexibility index (Phi) is 5.18. The van der Waals surface area contributed by atoms with Crippen molar-refractivity contribution in [3.8, 4) is 16.9 Å². The molecule has 1 aliphatic rings. The molecular formula is C23H22F2N6O. The maximum atomic E-state index is 14.6. The standard InChI is InChI=1S/C23H22F2N6O/c1-30(2)13-20-19(25)9-14(10-27-20)16-11-28-23(31-7-6-26-22(16)31)29-12-17-15-5-8-32-21(15)4-3-18(17)24/h3-4,6-7,9-11H,5,8,12-13H2,1-2H3,(H,28,29). The van der Waals surface area contributed by atoms with Crippen LogP contribution in [0.15, 0.2) is 43.0 Å². The number of benzene rings is 1. The monoisotopic (exact) mass is 436 g/mol. The lowest BCUT2D eigenvalue weighted by Gasteiger charge is -2.13. The molecule has 1 aliphatic heterocycles. The molecule has 4 aromatic rings. The van der Waals surface area contributed by atoms with E-state index in [2.05, 4.69) is 20.3 Å². The van der Waals surface area contributed by atoms with Crippen LogP contribution < -0.4 is 10.1 Å². The van der Waals surface area contributed by atoms with Crippen molar-refractivity contribution in [2.45, 2.75) is 19.5 Å². The van der Waals surface area contributed by atoms with E-state index in [0.29, 0.717) is 53.6 Å². The fraction of sp³-hybridized carbons (Fsp3) is 0.261. The predicted molar refractivity (Wildman–Crippen MR) is 116 cm³/mol. The van der Waals surface area contributed by atoms with E-state index in [1.54, 1.807) is 35.3 Å². The van der Waals surface area contributed by atoms with E-state index in [1.165, 1.54) is 12.1 Å². The summed E-state index contributed by atoms with van der Waals surface area (Å²) in [5.41, 5.74) is 3.68. The number of fused-ring (bicyclic) bond motifs is 2. The largest absolute Gasteiger partial charge is 0.493 e. The molecule has 0 atom stereocenters. The lowest BCUT2D eigenvalue weighted by Crippen LogP contribution is -2.13. The first-order valence-electron chi connectivity index (χ1n) is 10.3. The third-order valence-electron chi connectivity index (χ3n) is 5.48. The number of imidazole rings is 1. The van der Waals surface area contributed by atoms with E-state index in [1.807, 2.05) is 19.0 Å². The van der Waals surface area contributed by atoms with Gasteiger partial charge in [-0.2, -0.15) is 0 Å². The van der Waals surface area contributed by atoms with Gasteiger partial charge in [-0.15, -0.1) is 0 Å². The van der Waals surface area contributed by atoms with E-state index in [-0.39, 0.29) is 18.2 Å². The Labute approximate surface area is 183 Å². The highest BCUT2D eigenvalue weighted by Gasteiger charge is 2.20. The number of nitrogens with one attached hydrogen (secondary N) is 1. The van der Waals surface area contributed by atoms with Gasteiger partial charge in [0.15, 0.2) is 0 Å². The highest BCUT2D eigenvalue weighted by atomic mass is 19.1. The number of hydrogen-bond acceptors (Lipinski definition) is 6. The van der Waals surface area contributed by atoms with Crippen molar-refractivity contribution >= 4 is 11.6 Å². The van der Waals surface area contributed by atoms with Crippen LogP contribution >= 0.6 is 0 Å². The van der Waals surface area contributed by atoms with Crippen LogP contribution in [0, 0.1) is 11.6 Å². The number of halogens is 2. The van der Waals surface area contributed by atoms with E-state index in [9.17, 15) is 8.78 Å². The van der Waals surface area contributed by atoms with Gasteiger partial charge < -0.3 is 15.0 Å². The number of rotatable bonds is 6. The Morgan fingerprint density at radius 1 is 1.12 bits per heavy atom. The van der Waals surface area contributed by atoms with Crippen molar-refractivity contribution in [3.63, 3.8) is 0 Å². The zero-order chi connectivity index (χ0) is 22.2. The summed E-state index contributed by atoms with van der Waals surface area (Å²) in [6.07, 6.45) is 7.34. The summed E-state index contributed by atoms with van der Waals surface area (Å²) in [5.74, 6) is 0.583. The molecule has 0 bridgehead atoms. The Bertz CT molecular complexity index is 1300. The minimum atomic E-state index is -0.376. The maximum Gasteiger partial charge on any atom is 0.208 e. The zero-order valence-corrected chi connectivity index (χ0v) is 17.8. The number of hydrogen-bond donors (Lipinski definition) is 1. The molecule has 0 aliphatic carbocycles. The molecule has 0 unspecified atom stereocenters. The smallest absolute Gasteiger partial charge is 0.208 e. The second kappa shape index (κ2) is 8.16. The Morgan fingerprint density at radius 3 is 2.81 bits per heavy atom. The normalized spacial score (nSPS) is 12.9. The second-order valence-corrected chi connectivity index (χ2v) is 7.96. The number of aromatic nitrogens is 4. The van der Waals surface area contributed by atoms with E-state index in [0.717, 1.165) is 11.3 Å². The van der Waals surface area contributed by atoms with Crippen molar-refractivity contribution in [1.82, 2.24) is 24.3 Å². The average molecular weight is 436 g/mol. The second-order valence-electron chi connectivity index (χ2n) is 7.96. The Morgan fingerprint density at radius 2 is 2.00 bits per heavy atom. The summed E-state index contributed by atoms with van der Waals surface area (Å²) in [6.45, 7) is 1.23. The minimum absolute atomic E-state index is 0.257. The van der Waals surface area contributed by atoms with Crippen molar-refractivity contribution in [2.24, 2.45) is 0 Å². The first-order valence-corrected chi connectivity index (χ1v) is 10.3. The van der Waals surface area contributed by atoms with Crippen LogP contribution in [0.25, 0.3) is 16.8 Å². The van der Waals surface area contributed by atoms with Crippen LogP contribution in [0.2, 0.25) is 0 Å². The highest BCUT2D eigenvalue weighted by Crippen LogP contribution is 2.31. The van der Waals surface area contributed by atoms with E-state index < -0.39 is 0 Å². The molecule has 0 fully saturated rings. The van der Waals surface area contributed by atoms with E-state index >= 15 is 0 Å². The minimum Gasteiger partial charge on any atom is -0.493 e. The number of ether oxygens (including phenoxy) is 1. The summed E-state index contributed by atoms with van der Waals surface area (Å²) < 4.78 is 36.3. The predicted octanol–water partition coefficient (Wildman–Crippen LogP) is 3.68. The van der Waals surface area contributed by atoms with Gasteiger partial charge in [-0.25, -0.2) is 18.7 Å². The van der Waals surface area contributed by atoms with Gasteiger partial charge >= 0.3 is 0 Å². The molecule has 9 heteroatoms. The molecule has 0 amide bonds. The molecule has 5 rings (SSSR count). The summed E-state index contributed by atoms with van der Waals surface area (Å²) in [5, 5.41) is 3.20. The zero-order valence-electron chi connectivity index (χ0n) is 17.8. The first-order chi connectivity index (χ1) is 15.5. The quantitative estimate of drug-likeness (QED) is 0.497. The van der Waals surface area contributed by atoms with Crippen molar-refractivity contribution in [3.05, 3.63) is 71.4 Å². The molecule has 0 saturated heterocycles. The fourth-order valence-corrected chi connectivity index (χ4v) is 3.96. The molecule has 1 aromatic carbocycles. The van der Waals surface area contributed by atoms with Gasteiger partial charge in [0.2, 0.25) is 5.95 Å². The lowest BCUT2D eigenvalue weighted by atomic mass is 10.0. The summed E-state index contributed by atoms with van der Waals surface area (Å²) >= 11 is 0. The highest BCUT2D eigenvalue weighted by molar-refractivity contribution is 5.77. The van der Waals surface area contributed by atoms with Gasteiger partial charge in [0.05, 0.1) is 12.3 Å². The van der Waals surface area contributed by atoms with Crippen LogP contribution in [0.4, 0.5) is 14.7 Å². The molecule has 7 nitrogen and oxygen atoms in total. The maximum absolute atomic E-state index is 14.6. The topological polar surface area (TPSA) is 67.6 Å². The molecule has 4 heterocycles. The Hall–Kier alpha value is -3.59. The van der Waals surface area contributed by atoms with Gasteiger partial charge in [-0.3, -0.25) is 9.38 Å². The SMILES string of the molecule is CN(C)Cc1ncc(-c2cnc(NCc3c(F)ccc4c3CCO4)n3ccnc23)cc1F. The van der Waals surface area contributed by atoms with Crippen molar-refractivity contribution in [1.29, 1.82) is 0 Å². The van der Waals surface area contributed by atoms with Crippen LogP contribution in [-0.4, -0.2) is 45.0 Å². The molecule has 0 radical (unpaired) electrons. The number of nitrogens with zero attached hydrogens (tertiary/aromatic N) is 5. The first kappa shape index (κ1) is 20.3. The summed E-state index contributed by atoms with van der Waals surface area (Å²) in [6, 6.07) is 4.54. The molecular weight excluding hydrogens is 414 g/mol. The van der Waals surface area contributed by atoms with Crippen molar-refractivity contribution < 1.29 is 13.5 Å². The Balaban J connectivity index is 1.45. The third-order valence-corrected chi connectivity index (χ3v) is 5.48. The number of anilines is 1. The van der Waals surface area contributed by atoms with Crippen LogP contribution in [0.3, 0.4) is 0 Å².